The minimum atomic E-state index is -3.63. The van der Waals surface area contributed by atoms with Gasteiger partial charge in [-0.1, -0.05) is 54.6 Å². The molecular formula is C25H26N2O3S. The molecule has 1 saturated heterocycles. The molecule has 5 nitrogen and oxygen atoms in total. The Hall–Kier alpha value is -2.96. The Balaban J connectivity index is 1.42. The van der Waals surface area contributed by atoms with Gasteiger partial charge < -0.3 is 5.32 Å². The van der Waals surface area contributed by atoms with E-state index < -0.39 is 10.0 Å². The first kappa shape index (κ1) is 21.3. The molecular weight excluding hydrogens is 408 g/mol. The lowest BCUT2D eigenvalue weighted by atomic mass is 9.91. The Labute approximate surface area is 183 Å². The number of carbonyl (C=O) groups is 1. The highest BCUT2D eigenvalue weighted by molar-refractivity contribution is 7.89. The third-order valence-electron chi connectivity index (χ3n) is 5.71. The van der Waals surface area contributed by atoms with Crippen LogP contribution in [-0.4, -0.2) is 31.7 Å². The standard InChI is InChI=1S/C25H26N2O3S/c28-25(26-23-11-5-2-6-12-23)22-10-7-13-24(19-22)31(29,30)27-16-14-21(15-17-27)18-20-8-3-1-4-9-20/h1-13,19,21H,14-18H2,(H,26,28). The summed E-state index contributed by atoms with van der Waals surface area (Å²) in [4.78, 5) is 12.7. The second kappa shape index (κ2) is 9.45. The van der Waals surface area contributed by atoms with E-state index in [0.29, 0.717) is 30.3 Å². The molecule has 0 spiro atoms. The zero-order valence-electron chi connectivity index (χ0n) is 17.3. The van der Waals surface area contributed by atoms with E-state index in [2.05, 4.69) is 17.4 Å². The number of hydrogen-bond acceptors (Lipinski definition) is 3. The first-order chi connectivity index (χ1) is 15.0. The molecule has 1 N–H and O–H groups in total. The fourth-order valence-electron chi connectivity index (χ4n) is 3.97. The van der Waals surface area contributed by atoms with Gasteiger partial charge in [-0.2, -0.15) is 4.31 Å². The van der Waals surface area contributed by atoms with E-state index in [0.717, 1.165) is 19.3 Å². The molecule has 0 aromatic heterocycles. The maximum atomic E-state index is 13.2. The molecule has 31 heavy (non-hydrogen) atoms. The molecule has 0 radical (unpaired) electrons. The van der Waals surface area contributed by atoms with Crippen LogP contribution in [0, 0.1) is 5.92 Å². The molecule has 0 atom stereocenters. The minimum Gasteiger partial charge on any atom is -0.322 e. The second-order valence-electron chi connectivity index (χ2n) is 7.89. The fraction of sp³-hybridized carbons (Fsp3) is 0.240. The molecule has 1 heterocycles. The molecule has 6 heteroatoms. The number of hydrogen-bond donors (Lipinski definition) is 1. The number of nitrogens with one attached hydrogen (secondary N) is 1. The van der Waals surface area contributed by atoms with Crippen molar-refractivity contribution in [1.29, 1.82) is 0 Å². The Bertz CT molecular complexity index is 1120. The van der Waals surface area contributed by atoms with Crippen LogP contribution in [0.1, 0.15) is 28.8 Å². The lowest BCUT2D eigenvalue weighted by Crippen LogP contribution is -2.38. The van der Waals surface area contributed by atoms with Gasteiger partial charge in [-0.05, 0) is 61.1 Å². The Morgan fingerprint density at radius 2 is 1.52 bits per heavy atom. The van der Waals surface area contributed by atoms with Gasteiger partial charge in [0.15, 0.2) is 0 Å². The first-order valence-corrected chi connectivity index (χ1v) is 12.0. The van der Waals surface area contributed by atoms with Crippen LogP contribution >= 0.6 is 0 Å². The van der Waals surface area contributed by atoms with Gasteiger partial charge in [0.05, 0.1) is 4.90 Å². The molecule has 160 valence electrons. The zero-order chi connectivity index (χ0) is 21.7. The van der Waals surface area contributed by atoms with Crippen LogP contribution in [0.5, 0.6) is 0 Å². The van der Waals surface area contributed by atoms with Crippen molar-refractivity contribution in [2.75, 3.05) is 18.4 Å². The van der Waals surface area contributed by atoms with E-state index in [1.165, 1.54) is 11.6 Å². The normalized spacial score (nSPS) is 15.5. The molecule has 4 rings (SSSR count). The van der Waals surface area contributed by atoms with Crippen LogP contribution in [0.3, 0.4) is 0 Å². The van der Waals surface area contributed by atoms with E-state index in [1.807, 2.05) is 36.4 Å². The number of rotatable bonds is 6. The fourth-order valence-corrected chi connectivity index (χ4v) is 5.49. The molecule has 0 saturated carbocycles. The van der Waals surface area contributed by atoms with Crippen LogP contribution in [-0.2, 0) is 16.4 Å². The highest BCUT2D eigenvalue weighted by atomic mass is 32.2. The number of carbonyl (C=O) groups excluding carboxylic acids is 1. The predicted molar refractivity (Wildman–Crippen MR) is 122 cm³/mol. The van der Waals surface area contributed by atoms with Gasteiger partial charge in [-0.15, -0.1) is 0 Å². The Morgan fingerprint density at radius 1 is 0.871 bits per heavy atom. The summed E-state index contributed by atoms with van der Waals surface area (Å²) >= 11 is 0. The monoisotopic (exact) mass is 434 g/mol. The van der Waals surface area contributed by atoms with E-state index in [-0.39, 0.29) is 10.8 Å². The molecule has 3 aromatic carbocycles. The average molecular weight is 435 g/mol. The summed E-state index contributed by atoms with van der Waals surface area (Å²) in [5.74, 6) is 0.154. The van der Waals surface area contributed by atoms with Crippen molar-refractivity contribution >= 4 is 21.6 Å². The Morgan fingerprint density at radius 3 is 2.19 bits per heavy atom. The number of para-hydroxylation sites is 1. The quantitative estimate of drug-likeness (QED) is 0.617. The number of nitrogens with zero attached hydrogens (tertiary/aromatic N) is 1. The van der Waals surface area contributed by atoms with E-state index in [1.54, 1.807) is 34.6 Å². The van der Waals surface area contributed by atoms with Crippen LogP contribution in [0.25, 0.3) is 0 Å². The van der Waals surface area contributed by atoms with Gasteiger partial charge in [-0.3, -0.25) is 4.79 Å². The van der Waals surface area contributed by atoms with Gasteiger partial charge in [0.1, 0.15) is 0 Å². The van der Waals surface area contributed by atoms with Crippen LogP contribution < -0.4 is 5.32 Å². The van der Waals surface area contributed by atoms with Gasteiger partial charge in [-0.25, -0.2) is 8.42 Å². The molecule has 3 aromatic rings. The van der Waals surface area contributed by atoms with Gasteiger partial charge in [0.25, 0.3) is 5.91 Å². The van der Waals surface area contributed by atoms with E-state index in [4.69, 9.17) is 0 Å². The van der Waals surface area contributed by atoms with Crippen LogP contribution in [0.15, 0.2) is 89.8 Å². The third kappa shape index (κ3) is 5.21. The summed E-state index contributed by atoms with van der Waals surface area (Å²) in [6.45, 7) is 1.00. The average Bonchev–Trinajstić information content (AvgIpc) is 2.81. The largest absolute Gasteiger partial charge is 0.322 e. The summed E-state index contributed by atoms with van der Waals surface area (Å²) in [6, 6.07) is 25.7. The Kier molecular flexibility index (Phi) is 6.49. The zero-order valence-corrected chi connectivity index (χ0v) is 18.1. The highest BCUT2D eigenvalue weighted by Crippen LogP contribution is 2.26. The van der Waals surface area contributed by atoms with Crippen molar-refractivity contribution < 1.29 is 13.2 Å². The van der Waals surface area contributed by atoms with E-state index >= 15 is 0 Å². The lowest BCUT2D eigenvalue weighted by Gasteiger charge is -2.31. The summed E-state index contributed by atoms with van der Waals surface area (Å²) < 4.78 is 27.9. The summed E-state index contributed by atoms with van der Waals surface area (Å²) in [7, 11) is -3.63. The molecule has 0 unspecified atom stereocenters. The number of sulfonamides is 1. The van der Waals surface area contributed by atoms with Crippen molar-refractivity contribution in [3.05, 3.63) is 96.1 Å². The number of piperidine rings is 1. The summed E-state index contributed by atoms with van der Waals surface area (Å²) in [5, 5.41) is 2.80. The maximum absolute atomic E-state index is 13.2. The number of amides is 1. The molecule has 1 amide bonds. The summed E-state index contributed by atoms with van der Waals surface area (Å²) in [6.07, 6.45) is 2.65. The third-order valence-corrected chi connectivity index (χ3v) is 7.60. The SMILES string of the molecule is O=C(Nc1ccccc1)c1cccc(S(=O)(=O)N2CCC(Cc3ccccc3)CC2)c1. The predicted octanol–water partition coefficient (Wildman–Crippen LogP) is 4.58. The van der Waals surface area contributed by atoms with Crippen molar-refractivity contribution in [2.45, 2.75) is 24.2 Å². The highest BCUT2D eigenvalue weighted by Gasteiger charge is 2.29. The summed E-state index contributed by atoms with van der Waals surface area (Å²) in [5.41, 5.74) is 2.28. The van der Waals surface area contributed by atoms with Crippen LogP contribution in [0.4, 0.5) is 5.69 Å². The maximum Gasteiger partial charge on any atom is 0.255 e. The number of benzene rings is 3. The van der Waals surface area contributed by atoms with Crippen molar-refractivity contribution in [3.8, 4) is 0 Å². The van der Waals surface area contributed by atoms with Crippen molar-refractivity contribution in [3.63, 3.8) is 0 Å². The van der Waals surface area contributed by atoms with Crippen molar-refractivity contribution in [1.82, 2.24) is 4.31 Å². The molecule has 1 aliphatic rings. The van der Waals surface area contributed by atoms with Gasteiger partial charge >= 0.3 is 0 Å². The first-order valence-electron chi connectivity index (χ1n) is 10.5. The molecule has 1 aliphatic heterocycles. The molecule has 1 fully saturated rings. The lowest BCUT2D eigenvalue weighted by molar-refractivity contribution is 0.102. The van der Waals surface area contributed by atoms with E-state index in [9.17, 15) is 13.2 Å². The topological polar surface area (TPSA) is 66.5 Å². The second-order valence-corrected chi connectivity index (χ2v) is 9.82. The molecule has 0 bridgehead atoms. The van der Waals surface area contributed by atoms with Crippen molar-refractivity contribution in [2.24, 2.45) is 5.92 Å². The van der Waals surface area contributed by atoms with Crippen LogP contribution in [0.2, 0.25) is 0 Å². The molecule has 0 aliphatic carbocycles. The van der Waals surface area contributed by atoms with Gasteiger partial charge in [0, 0.05) is 24.3 Å². The number of anilines is 1. The van der Waals surface area contributed by atoms with Gasteiger partial charge in [0.2, 0.25) is 10.0 Å². The smallest absolute Gasteiger partial charge is 0.255 e. The minimum absolute atomic E-state index is 0.162.